The van der Waals surface area contributed by atoms with Crippen LogP contribution in [0, 0.1) is 0 Å². The fourth-order valence-electron chi connectivity index (χ4n) is 2.58. The van der Waals surface area contributed by atoms with E-state index in [1.54, 1.807) is 0 Å². The first-order valence-electron chi connectivity index (χ1n) is 7.20. The molecule has 2 aliphatic heterocycles. The fraction of sp³-hybridized carbons (Fsp3) is 0.556. The van der Waals surface area contributed by atoms with Crippen LogP contribution in [0.2, 0.25) is 0 Å². The quantitative estimate of drug-likeness (QED) is 0.217. The third-order valence-electron chi connectivity index (χ3n) is 3.53. The lowest BCUT2D eigenvalue weighted by molar-refractivity contribution is -0.0614. The fourth-order valence-corrected chi connectivity index (χ4v) is 5.33. The number of hydrogen-bond donors (Lipinski definition) is 8. The Morgan fingerprint density at radius 3 is 2.32 bits per heavy atom. The van der Waals surface area contributed by atoms with Gasteiger partial charge >= 0.3 is 29.2 Å². The molecule has 2 fully saturated rings. The van der Waals surface area contributed by atoms with E-state index in [4.69, 9.17) is 29.3 Å². The van der Waals surface area contributed by atoms with Crippen molar-refractivity contribution in [2.75, 3.05) is 12.3 Å². The van der Waals surface area contributed by atoms with E-state index in [1.165, 1.54) is 12.3 Å². The van der Waals surface area contributed by atoms with E-state index in [2.05, 4.69) is 13.8 Å². The Labute approximate surface area is 173 Å². The Balaban J connectivity index is 0.00000300. The number of ether oxygens (including phenoxy) is 1. The molecule has 0 saturated carbocycles. The van der Waals surface area contributed by atoms with Crippen molar-refractivity contribution in [1.82, 2.24) is 28.0 Å². The van der Waals surface area contributed by atoms with Gasteiger partial charge in [0, 0.05) is 6.20 Å². The normalized spacial score (nSPS) is 31.5. The van der Waals surface area contributed by atoms with Gasteiger partial charge in [0.05, 0.1) is 6.61 Å². The average Bonchev–Trinajstić information content (AvgIpc) is 2.97. The molecule has 6 atom stereocenters. The molecule has 3 rings (SSSR count). The first kappa shape index (κ1) is 29.9. The molecule has 0 amide bonds. The number of anilines is 1. The highest BCUT2D eigenvalue weighted by molar-refractivity contribution is 7.60. The number of phosphoric acid groups is 3. The molecule has 2 aliphatic rings. The van der Waals surface area contributed by atoms with Crippen LogP contribution in [0.3, 0.4) is 0 Å². The van der Waals surface area contributed by atoms with Crippen molar-refractivity contribution >= 4 is 29.3 Å². The lowest BCUT2D eigenvalue weighted by atomic mass is 10.1. The van der Waals surface area contributed by atoms with Gasteiger partial charge in [0.25, 0.3) is 0 Å². The molecule has 0 aromatic carbocycles. The Bertz CT molecular complexity index is 968. The minimum Gasteiger partial charge on any atom is -0.383 e. The van der Waals surface area contributed by atoms with Crippen molar-refractivity contribution < 1.29 is 55.9 Å². The standard InChI is InChI=1S/C9H14N3O13P3.3H3N/c10-5-1-2-12(9(13)11-5)8-7-6(23-28(19,20)24-7)4(22-8)3-21-27(17,18)25-26(14,15)16;;;/h1-2,4,6-8H,3H2,(H,17,18)(H,19,20)(H2,10,11,13)(H2,14,15,16);3*1H3/t4-,6-,7-,8-;;;/m1.../s1. The number of aromatic nitrogens is 2. The van der Waals surface area contributed by atoms with Crippen LogP contribution >= 0.6 is 23.5 Å². The summed E-state index contributed by atoms with van der Waals surface area (Å²) >= 11 is 0. The SMILES string of the molecule is N.N.N.Nc1ccn([C@@H]2O[C@H](COP(=O)(O)OP(=O)(O)O)[C@H]3OP(=O)(O)O[C@H]32)c(=O)n1. The monoisotopic (exact) mass is 516 g/mol. The lowest BCUT2D eigenvalue weighted by Crippen LogP contribution is -2.34. The molecule has 182 valence electrons. The Morgan fingerprint density at radius 1 is 1.19 bits per heavy atom. The van der Waals surface area contributed by atoms with E-state index in [1.807, 2.05) is 0 Å². The topological polar surface area (TPSA) is 344 Å². The molecule has 2 unspecified atom stereocenters. The number of phosphoric ester groups is 2. The van der Waals surface area contributed by atoms with Crippen LogP contribution in [0.1, 0.15) is 6.23 Å². The van der Waals surface area contributed by atoms with Crippen LogP contribution < -0.4 is 29.9 Å². The summed E-state index contributed by atoms with van der Waals surface area (Å²) in [5.74, 6) is -0.0945. The molecule has 0 spiro atoms. The highest BCUT2D eigenvalue weighted by Crippen LogP contribution is 2.60. The number of rotatable bonds is 6. The van der Waals surface area contributed by atoms with Gasteiger partial charge in [-0.1, -0.05) is 0 Å². The molecule has 0 radical (unpaired) electrons. The number of nitrogens with zero attached hydrogens (tertiary/aromatic N) is 2. The zero-order valence-electron chi connectivity index (χ0n) is 15.6. The van der Waals surface area contributed by atoms with Crippen LogP contribution in [0.5, 0.6) is 0 Å². The zero-order chi connectivity index (χ0) is 20.9. The summed E-state index contributed by atoms with van der Waals surface area (Å²) in [5.41, 5.74) is 4.50. The molecule has 19 nitrogen and oxygen atoms in total. The van der Waals surface area contributed by atoms with Crippen molar-refractivity contribution in [1.29, 1.82) is 0 Å². The smallest absolute Gasteiger partial charge is 0.383 e. The minimum absolute atomic E-state index is 0. The zero-order valence-corrected chi connectivity index (χ0v) is 18.3. The summed E-state index contributed by atoms with van der Waals surface area (Å²) in [7, 11) is -15.1. The summed E-state index contributed by atoms with van der Waals surface area (Å²) in [6.45, 7) is -0.869. The van der Waals surface area contributed by atoms with Gasteiger partial charge in [-0.05, 0) is 6.07 Å². The molecule has 31 heavy (non-hydrogen) atoms. The second-order valence-corrected chi connectivity index (χ2v) is 9.74. The molecule has 3 heterocycles. The molecule has 0 bridgehead atoms. The summed E-state index contributed by atoms with van der Waals surface area (Å²) in [4.78, 5) is 51.5. The molecule has 1 aromatic heterocycles. The molecular formula is C9H23N6O13P3. The summed E-state index contributed by atoms with van der Waals surface area (Å²) in [5, 5.41) is 0. The third-order valence-corrected chi connectivity index (χ3v) is 6.70. The second-order valence-electron chi connectivity index (χ2n) is 5.55. The molecule has 1 aromatic rings. The highest BCUT2D eigenvalue weighted by atomic mass is 31.3. The van der Waals surface area contributed by atoms with E-state index < -0.39 is 60.3 Å². The van der Waals surface area contributed by atoms with Crippen molar-refractivity contribution in [2.45, 2.75) is 24.5 Å². The number of nitrogen functional groups attached to an aromatic ring is 1. The average molecular weight is 516 g/mol. The summed E-state index contributed by atoms with van der Waals surface area (Å²) < 4.78 is 58.1. The van der Waals surface area contributed by atoms with E-state index in [0.29, 0.717) is 0 Å². The first-order chi connectivity index (χ1) is 12.8. The Morgan fingerprint density at radius 2 is 1.77 bits per heavy atom. The van der Waals surface area contributed by atoms with Crippen LogP contribution in [-0.2, 0) is 36.3 Å². The van der Waals surface area contributed by atoms with E-state index in [0.717, 1.165) is 4.57 Å². The van der Waals surface area contributed by atoms with E-state index in [9.17, 15) is 28.3 Å². The largest absolute Gasteiger partial charge is 0.481 e. The van der Waals surface area contributed by atoms with Crippen LogP contribution in [-0.4, -0.2) is 54.0 Å². The number of hydrogen-bond acceptors (Lipinski definition) is 14. The molecule has 2 saturated heterocycles. The van der Waals surface area contributed by atoms with Gasteiger partial charge in [-0.25, -0.2) is 18.5 Å². The maximum Gasteiger partial charge on any atom is 0.481 e. The Hall–Kier alpha value is -1.11. The Kier molecular flexibility index (Phi) is 9.85. The second kappa shape index (κ2) is 10.2. The third kappa shape index (κ3) is 7.19. The van der Waals surface area contributed by atoms with Gasteiger partial charge < -0.3 is 48.5 Å². The predicted octanol–water partition coefficient (Wildman–Crippen LogP) is -0.680. The van der Waals surface area contributed by atoms with Gasteiger partial charge in [-0.3, -0.25) is 18.1 Å². The number of fused-ring (bicyclic) bond motifs is 1. The van der Waals surface area contributed by atoms with E-state index in [-0.39, 0.29) is 24.3 Å². The van der Waals surface area contributed by atoms with Crippen molar-refractivity contribution in [3.63, 3.8) is 0 Å². The van der Waals surface area contributed by atoms with E-state index >= 15 is 0 Å². The lowest BCUT2D eigenvalue weighted by Gasteiger charge is -2.20. The maximum absolute atomic E-state index is 12.0. The number of nitrogens with two attached hydrogens (primary N) is 1. The van der Waals surface area contributed by atoms with Gasteiger partial charge in [-0.15, -0.1) is 0 Å². The van der Waals surface area contributed by atoms with Crippen molar-refractivity contribution in [3.8, 4) is 0 Å². The summed E-state index contributed by atoms with van der Waals surface area (Å²) in [6, 6.07) is 1.24. The van der Waals surface area contributed by atoms with Crippen molar-refractivity contribution in [2.24, 2.45) is 0 Å². The molecular weight excluding hydrogens is 493 g/mol. The molecule has 22 heteroatoms. The summed E-state index contributed by atoms with van der Waals surface area (Å²) in [6.07, 6.45) is -4.17. The van der Waals surface area contributed by atoms with Gasteiger partial charge in [0.2, 0.25) is 0 Å². The minimum atomic E-state index is -5.35. The van der Waals surface area contributed by atoms with Crippen LogP contribution in [0.4, 0.5) is 5.82 Å². The predicted molar refractivity (Wildman–Crippen MR) is 100 cm³/mol. The van der Waals surface area contributed by atoms with Gasteiger partial charge in [0.1, 0.15) is 24.1 Å². The highest BCUT2D eigenvalue weighted by Gasteiger charge is 2.58. The van der Waals surface area contributed by atoms with Gasteiger partial charge in [-0.2, -0.15) is 9.29 Å². The maximum atomic E-state index is 12.0. The van der Waals surface area contributed by atoms with Gasteiger partial charge in [0.15, 0.2) is 6.23 Å². The molecule has 15 N–H and O–H groups in total. The van der Waals surface area contributed by atoms with Crippen molar-refractivity contribution in [3.05, 3.63) is 22.7 Å². The first-order valence-corrected chi connectivity index (χ1v) is 11.7. The van der Waals surface area contributed by atoms with Crippen LogP contribution in [0.15, 0.2) is 17.1 Å². The molecule has 0 aliphatic carbocycles. The van der Waals surface area contributed by atoms with Crippen LogP contribution in [0.25, 0.3) is 0 Å².